The average molecular weight is 254 g/mol. The van der Waals surface area contributed by atoms with E-state index in [9.17, 15) is 0 Å². The molecule has 0 spiro atoms. The zero-order valence-electron chi connectivity index (χ0n) is 10.6. The molecule has 0 saturated carbocycles. The topological polar surface area (TPSA) is 29.0 Å². The van der Waals surface area contributed by atoms with Gasteiger partial charge in [-0.15, -0.1) is 0 Å². The molecule has 3 nitrogen and oxygen atoms in total. The fourth-order valence-corrected chi connectivity index (χ4v) is 2.73. The third-order valence-electron chi connectivity index (χ3n) is 3.45. The van der Waals surface area contributed by atoms with E-state index in [1.54, 1.807) is 6.33 Å². The minimum absolute atomic E-state index is 0.560. The van der Waals surface area contributed by atoms with Crippen LogP contribution >= 0.6 is 11.6 Å². The summed E-state index contributed by atoms with van der Waals surface area (Å²) in [5.74, 6) is 1.05. The Balaban J connectivity index is 2.32. The molecule has 1 atom stereocenters. The number of hydrogen-bond acceptors (Lipinski definition) is 3. The van der Waals surface area contributed by atoms with Crippen molar-refractivity contribution in [2.45, 2.75) is 52.0 Å². The first kappa shape index (κ1) is 12.6. The quantitative estimate of drug-likeness (QED) is 0.773. The molecule has 1 aromatic rings. The van der Waals surface area contributed by atoms with Gasteiger partial charge in [-0.3, -0.25) is 0 Å². The normalized spacial score (nSPS) is 20.6. The highest BCUT2D eigenvalue weighted by atomic mass is 35.5. The third kappa shape index (κ3) is 2.71. The Bertz CT molecular complexity index is 381. The standard InChI is InChI=1S/C13H20ClN3/c1-3-6-11-12(14)15-9-16-13(11)17-8-5-4-7-10(17)2/h9-10H,3-8H2,1-2H3. The monoisotopic (exact) mass is 253 g/mol. The van der Waals surface area contributed by atoms with Crippen molar-refractivity contribution in [2.24, 2.45) is 0 Å². The van der Waals surface area contributed by atoms with Gasteiger partial charge < -0.3 is 4.90 Å². The van der Waals surface area contributed by atoms with Crippen molar-refractivity contribution in [3.8, 4) is 0 Å². The van der Waals surface area contributed by atoms with Crippen LogP contribution in [0, 0.1) is 0 Å². The van der Waals surface area contributed by atoms with Crippen LogP contribution in [0.4, 0.5) is 5.82 Å². The van der Waals surface area contributed by atoms with Gasteiger partial charge in [0.2, 0.25) is 0 Å². The van der Waals surface area contributed by atoms with Crippen molar-refractivity contribution in [1.82, 2.24) is 9.97 Å². The molecule has 0 amide bonds. The number of piperidine rings is 1. The van der Waals surface area contributed by atoms with E-state index in [2.05, 4.69) is 28.7 Å². The van der Waals surface area contributed by atoms with Crippen LogP contribution in [0.2, 0.25) is 5.15 Å². The first-order valence-corrected chi connectivity index (χ1v) is 6.87. The van der Waals surface area contributed by atoms with Crippen molar-refractivity contribution in [3.63, 3.8) is 0 Å². The summed E-state index contributed by atoms with van der Waals surface area (Å²) in [5, 5.41) is 0.620. The molecule has 0 aromatic carbocycles. The van der Waals surface area contributed by atoms with Gasteiger partial charge in [-0.2, -0.15) is 0 Å². The second kappa shape index (κ2) is 5.67. The van der Waals surface area contributed by atoms with Crippen LogP contribution in [-0.2, 0) is 6.42 Å². The van der Waals surface area contributed by atoms with Gasteiger partial charge in [0.1, 0.15) is 17.3 Å². The summed E-state index contributed by atoms with van der Waals surface area (Å²) in [6.45, 7) is 5.52. The second-order valence-electron chi connectivity index (χ2n) is 4.75. The Morgan fingerprint density at radius 1 is 1.41 bits per heavy atom. The Hall–Kier alpha value is -0.830. The number of halogens is 1. The van der Waals surface area contributed by atoms with Crippen molar-refractivity contribution in [2.75, 3.05) is 11.4 Å². The van der Waals surface area contributed by atoms with Gasteiger partial charge in [0.15, 0.2) is 0 Å². The smallest absolute Gasteiger partial charge is 0.137 e. The maximum Gasteiger partial charge on any atom is 0.137 e. The Morgan fingerprint density at radius 2 is 2.24 bits per heavy atom. The van der Waals surface area contributed by atoms with E-state index in [0.29, 0.717) is 11.2 Å². The van der Waals surface area contributed by atoms with Crippen LogP contribution in [0.5, 0.6) is 0 Å². The van der Waals surface area contributed by atoms with Crippen LogP contribution < -0.4 is 4.90 Å². The lowest BCUT2D eigenvalue weighted by Crippen LogP contribution is -2.38. The maximum atomic E-state index is 6.20. The molecule has 94 valence electrons. The summed E-state index contributed by atoms with van der Waals surface area (Å²) in [4.78, 5) is 11.0. The maximum absolute atomic E-state index is 6.20. The van der Waals surface area contributed by atoms with E-state index in [1.807, 2.05) is 0 Å². The van der Waals surface area contributed by atoms with Crippen LogP contribution in [0.3, 0.4) is 0 Å². The van der Waals surface area contributed by atoms with Gasteiger partial charge in [-0.25, -0.2) is 9.97 Å². The van der Waals surface area contributed by atoms with Gasteiger partial charge in [0.25, 0.3) is 0 Å². The van der Waals surface area contributed by atoms with Crippen LogP contribution in [-0.4, -0.2) is 22.6 Å². The molecule has 1 aromatic heterocycles. The summed E-state index contributed by atoms with van der Waals surface area (Å²) in [5.41, 5.74) is 1.12. The molecule has 2 heterocycles. The van der Waals surface area contributed by atoms with E-state index < -0.39 is 0 Å². The number of nitrogens with zero attached hydrogens (tertiary/aromatic N) is 3. The highest BCUT2D eigenvalue weighted by molar-refractivity contribution is 6.30. The van der Waals surface area contributed by atoms with Crippen LogP contribution in [0.1, 0.15) is 45.1 Å². The van der Waals surface area contributed by atoms with Gasteiger partial charge in [-0.1, -0.05) is 24.9 Å². The number of anilines is 1. The Labute approximate surface area is 108 Å². The fourth-order valence-electron chi connectivity index (χ4n) is 2.51. The van der Waals surface area contributed by atoms with E-state index in [4.69, 9.17) is 11.6 Å². The predicted octanol–water partition coefficient (Wildman–Crippen LogP) is 3.46. The fraction of sp³-hybridized carbons (Fsp3) is 0.692. The van der Waals surface area contributed by atoms with Gasteiger partial charge in [-0.05, 0) is 32.6 Å². The average Bonchev–Trinajstić information content (AvgIpc) is 2.33. The molecule has 2 rings (SSSR count). The van der Waals surface area contributed by atoms with Gasteiger partial charge in [0.05, 0.1) is 0 Å². The van der Waals surface area contributed by atoms with E-state index in [0.717, 1.165) is 30.8 Å². The highest BCUT2D eigenvalue weighted by Gasteiger charge is 2.23. The molecular formula is C13H20ClN3. The number of aromatic nitrogens is 2. The summed E-state index contributed by atoms with van der Waals surface area (Å²) in [7, 11) is 0. The third-order valence-corrected chi connectivity index (χ3v) is 3.77. The van der Waals surface area contributed by atoms with Gasteiger partial charge >= 0.3 is 0 Å². The second-order valence-corrected chi connectivity index (χ2v) is 5.11. The first-order chi connectivity index (χ1) is 8.24. The number of hydrogen-bond donors (Lipinski definition) is 0. The molecule has 0 N–H and O–H groups in total. The largest absolute Gasteiger partial charge is 0.354 e. The molecule has 1 fully saturated rings. The van der Waals surface area contributed by atoms with Crippen LogP contribution in [0.25, 0.3) is 0 Å². The Morgan fingerprint density at radius 3 is 2.94 bits per heavy atom. The van der Waals surface area contributed by atoms with E-state index in [1.165, 1.54) is 19.3 Å². The minimum Gasteiger partial charge on any atom is -0.354 e. The summed E-state index contributed by atoms with van der Waals surface area (Å²) in [6.07, 6.45) is 7.42. The molecule has 17 heavy (non-hydrogen) atoms. The van der Waals surface area contributed by atoms with Crippen LogP contribution in [0.15, 0.2) is 6.33 Å². The molecule has 1 aliphatic heterocycles. The summed E-state index contributed by atoms with van der Waals surface area (Å²) in [6, 6.07) is 0.560. The minimum atomic E-state index is 0.560. The lowest BCUT2D eigenvalue weighted by molar-refractivity contribution is 0.479. The van der Waals surface area contributed by atoms with E-state index in [-0.39, 0.29) is 0 Å². The summed E-state index contributed by atoms with van der Waals surface area (Å²) < 4.78 is 0. The SMILES string of the molecule is CCCc1c(Cl)ncnc1N1CCCCC1C. The molecule has 0 radical (unpaired) electrons. The predicted molar refractivity (Wildman–Crippen MR) is 71.7 cm³/mol. The first-order valence-electron chi connectivity index (χ1n) is 6.50. The van der Waals surface area contributed by atoms with Crippen molar-refractivity contribution in [1.29, 1.82) is 0 Å². The molecule has 1 aliphatic rings. The van der Waals surface area contributed by atoms with Crippen molar-refractivity contribution >= 4 is 17.4 Å². The lowest BCUT2D eigenvalue weighted by Gasteiger charge is -2.35. The lowest BCUT2D eigenvalue weighted by atomic mass is 10.0. The molecule has 4 heteroatoms. The zero-order valence-corrected chi connectivity index (χ0v) is 11.4. The highest BCUT2D eigenvalue weighted by Crippen LogP contribution is 2.29. The number of rotatable bonds is 3. The van der Waals surface area contributed by atoms with Crippen molar-refractivity contribution in [3.05, 3.63) is 17.0 Å². The molecular weight excluding hydrogens is 234 g/mol. The summed E-state index contributed by atoms with van der Waals surface area (Å²) >= 11 is 6.20. The van der Waals surface area contributed by atoms with E-state index >= 15 is 0 Å². The Kier molecular flexibility index (Phi) is 4.21. The molecule has 1 saturated heterocycles. The molecule has 0 bridgehead atoms. The van der Waals surface area contributed by atoms with Crippen molar-refractivity contribution < 1.29 is 0 Å². The molecule has 1 unspecified atom stereocenters. The zero-order chi connectivity index (χ0) is 12.3. The van der Waals surface area contributed by atoms with Gasteiger partial charge in [0, 0.05) is 18.2 Å². The molecule has 0 aliphatic carbocycles.